The first-order chi connectivity index (χ1) is 10.1. The van der Waals surface area contributed by atoms with Crippen molar-refractivity contribution in [2.45, 2.75) is 25.7 Å². The van der Waals surface area contributed by atoms with Crippen LogP contribution in [0.5, 0.6) is 5.75 Å². The maximum absolute atomic E-state index is 11.5. The second-order valence-electron chi connectivity index (χ2n) is 4.82. The highest BCUT2D eigenvalue weighted by Gasteiger charge is 2.30. The SMILES string of the molecule is CCOc1c(CCCl)cc(Cl)c(C#N)c1C1CNC(=O)C1. The van der Waals surface area contributed by atoms with Gasteiger partial charge in [-0.05, 0) is 25.0 Å². The molecule has 4 nitrogen and oxygen atoms in total. The van der Waals surface area contributed by atoms with E-state index in [1.54, 1.807) is 6.07 Å². The monoisotopic (exact) mass is 326 g/mol. The number of halogens is 2. The summed E-state index contributed by atoms with van der Waals surface area (Å²) in [6, 6.07) is 3.88. The number of aryl methyl sites for hydroxylation is 1. The maximum atomic E-state index is 11.5. The number of rotatable bonds is 5. The van der Waals surface area contributed by atoms with Crippen molar-refractivity contribution < 1.29 is 9.53 Å². The van der Waals surface area contributed by atoms with Gasteiger partial charge < -0.3 is 10.1 Å². The Kier molecular flexibility index (Phi) is 5.33. The van der Waals surface area contributed by atoms with Crippen molar-refractivity contribution in [2.24, 2.45) is 0 Å². The molecule has 0 aliphatic carbocycles. The largest absolute Gasteiger partial charge is 0.493 e. The molecule has 1 aromatic carbocycles. The maximum Gasteiger partial charge on any atom is 0.220 e. The Morgan fingerprint density at radius 3 is 2.86 bits per heavy atom. The van der Waals surface area contributed by atoms with Crippen LogP contribution in [0.15, 0.2) is 6.07 Å². The third kappa shape index (κ3) is 3.25. The van der Waals surface area contributed by atoms with Gasteiger partial charge in [-0.2, -0.15) is 5.26 Å². The first-order valence-electron chi connectivity index (χ1n) is 6.83. The molecule has 1 aliphatic rings. The number of nitriles is 1. The number of carbonyl (C=O) groups is 1. The molecule has 1 fully saturated rings. The van der Waals surface area contributed by atoms with E-state index in [0.717, 1.165) is 11.1 Å². The number of benzene rings is 1. The van der Waals surface area contributed by atoms with Crippen LogP contribution >= 0.6 is 23.2 Å². The number of amides is 1. The van der Waals surface area contributed by atoms with Crippen molar-refractivity contribution in [3.8, 4) is 11.8 Å². The lowest BCUT2D eigenvalue weighted by molar-refractivity contribution is -0.119. The van der Waals surface area contributed by atoms with Crippen molar-refractivity contribution in [3.63, 3.8) is 0 Å². The van der Waals surface area contributed by atoms with Crippen molar-refractivity contribution in [1.29, 1.82) is 5.26 Å². The fraction of sp³-hybridized carbons (Fsp3) is 0.467. The van der Waals surface area contributed by atoms with Gasteiger partial charge in [0.2, 0.25) is 5.91 Å². The standard InChI is InChI=1S/C15H16Cl2N2O2/c1-2-21-15-9(3-4-16)5-12(17)11(7-18)14(15)10-6-13(20)19-8-10/h5,10H,2-4,6,8H2,1H3,(H,19,20). The Bertz CT molecular complexity index is 596. The molecule has 1 saturated heterocycles. The summed E-state index contributed by atoms with van der Waals surface area (Å²) in [4.78, 5) is 11.5. The number of hydrogen-bond donors (Lipinski definition) is 1. The van der Waals surface area contributed by atoms with Crippen LogP contribution in [0.1, 0.15) is 36.0 Å². The third-order valence-electron chi connectivity index (χ3n) is 3.50. The molecule has 1 heterocycles. The molecular formula is C15H16Cl2N2O2. The molecule has 1 N–H and O–H groups in total. The minimum absolute atomic E-state index is 0.0230. The van der Waals surface area contributed by atoms with E-state index >= 15 is 0 Å². The van der Waals surface area contributed by atoms with E-state index in [-0.39, 0.29) is 11.8 Å². The summed E-state index contributed by atoms with van der Waals surface area (Å²) in [6.45, 7) is 2.85. The molecular weight excluding hydrogens is 311 g/mol. The van der Waals surface area contributed by atoms with E-state index in [9.17, 15) is 10.1 Å². The summed E-state index contributed by atoms with van der Waals surface area (Å²) in [5.41, 5.74) is 2.00. The molecule has 1 atom stereocenters. The van der Waals surface area contributed by atoms with Crippen LogP contribution in [0, 0.1) is 11.3 Å². The van der Waals surface area contributed by atoms with Gasteiger partial charge in [-0.25, -0.2) is 0 Å². The first kappa shape index (κ1) is 15.9. The highest BCUT2D eigenvalue weighted by atomic mass is 35.5. The van der Waals surface area contributed by atoms with Crippen LogP contribution in [0.4, 0.5) is 0 Å². The van der Waals surface area contributed by atoms with Gasteiger partial charge in [0.1, 0.15) is 11.8 Å². The van der Waals surface area contributed by atoms with E-state index in [0.29, 0.717) is 48.2 Å². The predicted molar refractivity (Wildman–Crippen MR) is 82.1 cm³/mol. The van der Waals surface area contributed by atoms with Gasteiger partial charge in [-0.3, -0.25) is 4.79 Å². The van der Waals surface area contributed by atoms with Crippen molar-refractivity contribution >= 4 is 29.1 Å². The third-order valence-corrected chi connectivity index (χ3v) is 3.98. The molecule has 0 radical (unpaired) electrons. The molecule has 1 aromatic rings. The van der Waals surface area contributed by atoms with E-state index in [1.807, 2.05) is 6.92 Å². The quantitative estimate of drug-likeness (QED) is 0.846. The smallest absolute Gasteiger partial charge is 0.220 e. The summed E-state index contributed by atoms with van der Waals surface area (Å²) < 4.78 is 5.76. The molecule has 21 heavy (non-hydrogen) atoms. The Labute approximate surface area is 134 Å². The van der Waals surface area contributed by atoms with Gasteiger partial charge >= 0.3 is 0 Å². The molecule has 1 aliphatic heterocycles. The zero-order chi connectivity index (χ0) is 15.4. The first-order valence-corrected chi connectivity index (χ1v) is 7.74. The van der Waals surface area contributed by atoms with Crippen LogP contribution in [0.3, 0.4) is 0 Å². The van der Waals surface area contributed by atoms with Gasteiger partial charge in [0, 0.05) is 30.3 Å². The molecule has 0 aromatic heterocycles. The number of hydrogen-bond acceptors (Lipinski definition) is 3. The summed E-state index contributed by atoms with van der Waals surface area (Å²) in [6.07, 6.45) is 0.943. The van der Waals surface area contributed by atoms with E-state index in [1.165, 1.54) is 0 Å². The van der Waals surface area contributed by atoms with E-state index in [2.05, 4.69) is 11.4 Å². The number of alkyl halides is 1. The zero-order valence-electron chi connectivity index (χ0n) is 11.7. The van der Waals surface area contributed by atoms with Crippen LogP contribution in [-0.4, -0.2) is 24.9 Å². The summed E-state index contributed by atoms with van der Waals surface area (Å²) in [7, 11) is 0. The topological polar surface area (TPSA) is 62.1 Å². The van der Waals surface area contributed by atoms with Gasteiger partial charge in [0.05, 0.1) is 17.2 Å². The van der Waals surface area contributed by atoms with Crippen LogP contribution in [-0.2, 0) is 11.2 Å². The number of nitrogens with one attached hydrogen (secondary N) is 1. The Balaban J connectivity index is 2.61. The van der Waals surface area contributed by atoms with Gasteiger partial charge in [-0.1, -0.05) is 11.6 Å². The average Bonchev–Trinajstić information content (AvgIpc) is 2.87. The van der Waals surface area contributed by atoms with Crippen LogP contribution < -0.4 is 10.1 Å². The lowest BCUT2D eigenvalue weighted by Gasteiger charge is -2.20. The summed E-state index contributed by atoms with van der Waals surface area (Å²) >= 11 is 12.1. The molecule has 0 saturated carbocycles. The average molecular weight is 327 g/mol. The number of ether oxygens (including phenoxy) is 1. The highest BCUT2D eigenvalue weighted by Crippen LogP contribution is 2.40. The van der Waals surface area contributed by atoms with Crippen LogP contribution in [0.25, 0.3) is 0 Å². The van der Waals surface area contributed by atoms with E-state index < -0.39 is 0 Å². The number of carbonyl (C=O) groups excluding carboxylic acids is 1. The van der Waals surface area contributed by atoms with Gasteiger partial charge in [0.25, 0.3) is 0 Å². The van der Waals surface area contributed by atoms with Gasteiger partial charge in [-0.15, -0.1) is 11.6 Å². The highest BCUT2D eigenvalue weighted by molar-refractivity contribution is 6.32. The Morgan fingerprint density at radius 1 is 1.57 bits per heavy atom. The fourth-order valence-corrected chi connectivity index (χ4v) is 3.10. The molecule has 2 rings (SSSR count). The second kappa shape index (κ2) is 7.02. The molecule has 0 bridgehead atoms. The molecule has 1 unspecified atom stereocenters. The Morgan fingerprint density at radius 2 is 2.33 bits per heavy atom. The predicted octanol–water partition coefficient (Wildman–Crippen LogP) is 3.00. The lowest BCUT2D eigenvalue weighted by Crippen LogP contribution is -2.14. The van der Waals surface area contributed by atoms with E-state index in [4.69, 9.17) is 27.9 Å². The van der Waals surface area contributed by atoms with Crippen molar-refractivity contribution in [2.75, 3.05) is 19.0 Å². The minimum Gasteiger partial charge on any atom is -0.493 e. The minimum atomic E-state index is -0.0959. The molecule has 1 amide bonds. The molecule has 0 spiro atoms. The zero-order valence-corrected chi connectivity index (χ0v) is 13.2. The Hall–Kier alpha value is -1.44. The lowest BCUT2D eigenvalue weighted by atomic mass is 9.90. The summed E-state index contributed by atoms with van der Waals surface area (Å²) in [5, 5.41) is 12.6. The fourth-order valence-electron chi connectivity index (χ4n) is 2.62. The second-order valence-corrected chi connectivity index (χ2v) is 5.61. The normalized spacial score (nSPS) is 17.4. The van der Waals surface area contributed by atoms with Crippen LogP contribution in [0.2, 0.25) is 5.02 Å². The van der Waals surface area contributed by atoms with Crippen molar-refractivity contribution in [3.05, 3.63) is 27.8 Å². The molecule has 6 heteroatoms. The summed E-state index contributed by atoms with van der Waals surface area (Å²) in [5.74, 6) is 0.969. The van der Waals surface area contributed by atoms with Gasteiger partial charge in [0.15, 0.2) is 0 Å². The number of nitrogens with zero attached hydrogens (tertiary/aromatic N) is 1. The van der Waals surface area contributed by atoms with Crippen molar-refractivity contribution in [1.82, 2.24) is 5.32 Å². The molecule has 112 valence electrons.